The molecule has 0 unspecified atom stereocenters. The highest BCUT2D eigenvalue weighted by atomic mass is 35.5. The van der Waals surface area contributed by atoms with Gasteiger partial charge >= 0.3 is 0 Å². The van der Waals surface area contributed by atoms with Gasteiger partial charge in [-0.3, -0.25) is 4.79 Å². The molecule has 0 saturated carbocycles. The topological polar surface area (TPSA) is 26.3 Å². The first-order valence-corrected chi connectivity index (χ1v) is 4.61. The van der Waals surface area contributed by atoms with E-state index in [-0.39, 0.29) is 0 Å². The largest absolute Gasteiger partial charge is 0.492 e. The monoisotopic (exact) mass is 196 g/mol. The number of fused-ring (bicyclic) bond motifs is 1. The number of rotatable bonds is 1. The number of para-hydroxylation sites is 1. The Morgan fingerprint density at radius 2 is 2.31 bits per heavy atom. The molecule has 68 valence electrons. The lowest BCUT2D eigenvalue weighted by Crippen LogP contribution is -2.11. The van der Waals surface area contributed by atoms with Gasteiger partial charge in [0.15, 0.2) is 0 Å². The number of benzene rings is 1. The Morgan fingerprint density at radius 1 is 1.46 bits per heavy atom. The highest BCUT2D eigenvalue weighted by molar-refractivity contribution is 6.68. The van der Waals surface area contributed by atoms with Gasteiger partial charge in [0.05, 0.1) is 12.2 Å². The highest BCUT2D eigenvalue weighted by Crippen LogP contribution is 2.29. The van der Waals surface area contributed by atoms with Gasteiger partial charge in [-0.2, -0.15) is 0 Å². The van der Waals surface area contributed by atoms with E-state index in [1.54, 1.807) is 6.07 Å². The van der Waals surface area contributed by atoms with Crippen LogP contribution >= 0.6 is 11.6 Å². The summed E-state index contributed by atoms with van der Waals surface area (Å²) in [5.74, 6) is 0.675. The van der Waals surface area contributed by atoms with Crippen LogP contribution in [0.5, 0.6) is 5.75 Å². The van der Waals surface area contributed by atoms with Gasteiger partial charge in [0, 0.05) is 0 Å². The maximum Gasteiger partial charge on any atom is 0.256 e. The summed E-state index contributed by atoms with van der Waals surface area (Å²) in [5, 5.41) is -0.446. The Morgan fingerprint density at radius 3 is 3.08 bits per heavy atom. The molecule has 1 aromatic rings. The molecule has 0 bridgehead atoms. The zero-order chi connectivity index (χ0) is 9.26. The summed E-state index contributed by atoms with van der Waals surface area (Å²) in [5.41, 5.74) is 1.57. The van der Waals surface area contributed by atoms with E-state index in [1.807, 2.05) is 12.1 Å². The van der Waals surface area contributed by atoms with Gasteiger partial charge in [-0.05, 0) is 36.1 Å². The minimum absolute atomic E-state index is 0.446. The van der Waals surface area contributed by atoms with E-state index in [2.05, 4.69) is 0 Å². The first-order chi connectivity index (χ1) is 6.29. The van der Waals surface area contributed by atoms with Crippen LogP contribution in [-0.4, -0.2) is 11.8 Å². The smallest absolute Gasteiger partial charge is 0.256 e. The molecule has 1 aliphatic rings. The molecule has 0 spiro atoms. The number of ether oxygens (including phenoxy) is 1. The summed E-state index contributed by atoms with van der Waals surface area (Å²) in [7, 11) is 0. The van der Waals surface area contributed by atoms with Gasteiger partial charge in [-0.15, -0.1) is 0 Å². The quantitative estimate of drug-likeness (QED) is 0.645. The van der Waals surface area contributed by atoms with E-state index in [4.69, 9.17) is 16.3 Å². The van der Waals surface area contributed by atoms with E-state index >= 15 is 0 Å². The average Bonchev–Trinajstić information content (AvgIpc) is 2.17. The zero-order valence-corrected chi connectivity index (χ0v) is 7.80. The minimum atomic E-state index is -0.446. The van der Waals surface area contributed by atoms with Crippen LogP contribution < -0.4 is 4.74 Å². The van der Waals surface area contributed by atoms with Crippen LogP contribution in [0.15, 0.2) is 18.2 Å². The average molecular weight is 197 g/mol. The molecule has 3 heteroatoms. The third-order valence-corrected chi connectivity index (χ3v) is 2.35. The Hall–Kier alpha value is -1.02. The van der Waals surface area contributed by atoms with Crippen molar-refractivity contribution in [1.29, 1.82) is 0 Å². The molecule has 0 N–H and O–H groups in total. The van der Waals surface area contributed by atoms with Gasteiger partial charge in [-0.25, -0.2) is 0 Å². The molecule has 0 radical (unpaired) electrons. The Bertz CT molecular complexity index is 347. The van der Waals surface area contributed by atoms with Crippen LogP contribution in [0, 0.1) is 0 Å². The van der Waals surface area contributed by atoms with Crippen molar-refractivity contribution in [1.82, 2.24) is 0 Å². The van der Waals surface area contributed by atoms with Crippen molar-refractivity contribution in [3.05, 3.63) is 29.3 Å². The summed E-state index contributed by atoms with van der Waals surface area (Å²) >= 11 is 5.42. The molecular weight excluding hydrogens is 188 g/mol. The lowest BCUT2D eigenvalue weighted by atomic mass is 10.0. The van der Waals surface area contributed by atoms with Crippen LogP contribution in [0.4, 0.5) is 0 Å². The van der Waals surface area contributed by atoms with E-state index < -0.39 is 5.24 Å². The number of hydrogen-bond donors (Lipinski definition) is 0. The number of hydrogen-bond acceptors (Lipinski definition) is 2. The number of carbonyl (C=O) groups is 1. The number of aryl methyl sites for hydroxylation is 1. The van der Waals surface area contributed by atoms with Crippen molar-refractivity contribution in [2.75, 3.05) is 6.61 Å². The second kappa shape index (κ2) is 3.38. The van der Waals surface area contributed by atoms with E-state index in [0.717, 1.165) is 18.4 Å². The Labute approximate surface area is 81.5 Å². The van der Waals surface area contributed by atoms with Crippen molar-refractivity contribution in [2.24, 2.45) is 0 Å². The predicted molar refractivity (Wildman–Crippen MR) is 50.4 cm³/mol. The number of carbonyl (C=O) groups excluding carboxylic acids is 1. The molecule has 0 saturated heterocycles. The highest BCUT2D eigenvalue weighted by Gasteiger charge is 2.17. The second-order valence-corrected chi connectivity index (χ2v) is 3.36. The predicted octanol–water partition coefficient (Wildman–Crippen LogP) is 2.39. The summed E-state index contributed by atoms with van der Waals surface area (Å²) < 4.78 is 5.41. The molecule has 0 amide bonds. The van der Waals surface area contributed by atoms with Crippen molar-refractivity contribution < 1.29 is 9.53 Å². The summed E-state index contributed by atoms with van der Waals surface area (Å²) in [6.45, 7) is 0.675. The molecule has 1 aliphatic heterocycles. The first kappa shape index (κ1) is 8.57. The molecule has 0 fully saturated rings. The third kappa shape index (κ3) is 1.54. The number of halogens is 1. The van der Waals surface area contributed by atoms with Gasteiger partial charge in [0.25, 0.3) is 5.24 Å². The lowest BCUT2D eigenvalue weighted by Gasteiger charge is -2.18. The van der Waals surface area contributed by atoms with Crippen molar-refractivity contribution in [3.63, 3.8) is 0 Å². The normalized spacial score (nSPS) is 14.5. The molecule has 0 aliphatic carbocycles. The van der Waals surface area contributed by atoms with Gasteiger partial charge < -0.3 is 4.74 Å². The van der Waals surface area contributed by atoms with E-state index in [0.29, 0.717) is 17.9 Å². The van der Waals surface area contributed by atoms with Crippen molar-refractivity contribution >= 4 is 16.8 Å². The SMILES string of the molecule is O=C(Cl)c1cccc2c1OCCC2. The fraction of sp³-hybridized carbons (Fsp3) is 0.300. The van der Waals surface area contributed by atoms with Crippen LogP contribution in [0.2, 0.25) is 0 Å². The zero-order valence-electron chi connectivity index (χ0n) is 7.05. The molecule has 0 aromatic heterocycles. The van der Waals surface area contributed by atoms with Crippen molar-refractivity contribution in [3.8, 4) is 5.75 Å². The van der Waals surface area contributed by atoms with Crippen LogP contribution in [0.3, 0.4) is 0 Å². The molecular formula is C10H9ClO2. The van der Waals surface area contributed by atoms with E-state index in [1.165, 1.54) is 0 Å². The summed E-state index contributed by atoms with van der Waals surface area (Å²) in [6, 6.07) is 5.50. The second-order valence-electron chi connectivity index (χ2n) is 3.02. The van der Waals surface area contributed by atoms with Crippen LogP contribution in [0.25, 0.3) is 0 Å². The maximum atomic E-state index is 11.0. The fourth-order valence-electron chi connectivity index (χ4n) is 1.54. The molecule has 2 nitrogen and oxygen atoms in total. The molecule has 1 heterocycles. The standard InChI is InChI=1S/C10H9ClO2/c11-10(12)8-5-1-3-7-4-2-6-13-9(7)8/h1,3,5H,2,4,6H2. The van der Waals surface area contributed by atoms with Gasteiger partial charge in [0.1, 0.15) is 5.75 Å². The molecule has 13 heavy (non-hydrogen) atoms. The Balaban J connectivity index is 2.52. The minimum Gasteiger partial charge on any atom is -0.492 e. The first-order valence-electron chi connectivity index (χ1n) is 4.23. The van der Waals surface area contributed by atoms with Gasteiger partial charge in [0.2, 0.25) is 0 Å². The van der Waals surface area contributed by atoms with Crippen molar-refractivity contribution in [2.45, 2.75) is 12.8 Å². The summed E-state index contributed by atoms with van der Waals surface area (Å²) in [4.78, 5) is 11.0. The molecule has 2 rings (SSSR count). The third-order valence-electron chi connectivity index (χ3n) is 2.15. The van der Waals surface area contributed by atoms with Crippen LogP contribution in [0.1, 0.15) is 22.3 Å². The lowest BCUT2D eigenvalue weighted by molar-refractivity contribution is 0.107. The molecule has 0 atom stereocenters. The fourth-order valence-corrected chi connectivity index (χ4v) is 1.69. The Kier molecular flexibility index (Phi) is 2.23. The maximum absolute atomic E-state index is 11.0. The van der Waals surface area contributed by atoms with Crippen LogP contribution in [-0.2, 0) is 6.42 Å². The van der Waals surface area contributed by atoms with Gasteiger partial charge in [-0.1, -0.05) is 12.1 Å². The summed E-state index contributed by atoms with van der Waals surface area (Å²) in [6.07, 6.45) is 1.97. The molecule has 1 aromatic carbocycles. The van der Waals surface area contributed by atoms with E-state index in [9.17, 15) is 4.79 Å².